The van der Waals surface area contributed by atoms with E-state index in [1.807, 2.05) is 36.4 Å². The van der Waals surface area contributed by atoms with Crippen molar-refractivity contribution in [3.8, 4) is 22.8 Å². The zero-order chi connectivity index (χ0) is 19.8. The standard InChI is InChI=1S/C22H18N4O3.ClH/c27-22(28)16-12-26(13-16)11-15-5-6-19(18-4-2-1-3-17(15)18)20-24-21(29-25-20)14-7-9-23-10-8-14;/h1-10,16H,11-13H2,(H,27,28);1H. The van der Waals surface area contributed by atoms with Crippen molar-refractivity contribution >= 4 is 29.1 Å². The number of carbonyl (C=O) groups is 1. The number of fused-ring (bicyclic) bond motifs is 1. The molecule has 8 heteroatoms. The summed E-state index contributed by atoms with van der Waals surface area (Å²) in [4.78, 5) is 21.8. The van der Waals surface area contributed by atoms with Crippen molar-refractivity contribution in [2.24, 2.45) is 5.92 Å². The average molecular weight is 423 g/mol. The van der Waals surface area contributed by atoms with E-state index in [1.165, 1.54) is 0 Å². The molecule has 2 aromatic carbocycles. The molecule has 0 bridgehead atoms. The van der Waals surface area contributed by atoms with E-state index in [0.29, 0.717) is 24.8 Å². The Balaban J connectivity index is 0.00000218. The SMILES string of the molecule is Cl.O=C(O)C1CN(Cc2ccc(-c3noc(-c4ccncc4)n3)c3ccccc23)C1. The largest absolute Gasteiger partial charge is 0.481 e. The molecular weight excluding hydrogens is 404 g/mol. The van der Waals surface area contributed by atoms with Gasteiger partial charge >= 0.3 is 5.97 Å². The molecule has 152 valence electrons. The van der Waals surface area contributed by atoms with E-state index in [9.17, 15) is 4.79 Å². The Morgan fingerprint density at radius 1 is 1.07 bits per heavy atom. The summed E-state index contributed by atoms with van der Waals surface area (Å²) in [6.45, 7) is 1.90. The van der Waals surface area contributed by atoms with Gasteiger partial charge in [-0.1, -0.05) is 41.6 Å². The quantitative estimate of drug-likeness (QED) is 0.521. The molecule has 1 fully saturated rings. The van der Waals surface area contributed by atoms with Gasteiger partial charge in [0.1, 0.15) is 0 Å². The lowest BCUT2D eigenvalue weighted by atomic mass is 9.95. The van der Waals surface area contributed by atoms with Crippen LogP contribution in [-0.4, -0.2) is 44.2 Å². The van der Waals surface area contributed by atoms with Crippen LogP contribution in [0.3, 0.4) is 0 Å². The highest BCUT2D eigenvalue weighted by Gasteiger charge is 2.32. The Morgan fingerprint density at radius 3 is 2.53 bits per heavy atom. The van der Waals surface area contributed by atoms with E-state index in [4.69, 9.17) is 9.63 Å². The van der Waals surface area contributed by atoms with Crippen LogP contribution in [0, 0.1) is 5.92 Å². The van der Waals surface area contributed by atoms with Gasteiger partial charge in [-0.2, -0.15) is 4.98 Å². The van der Waals surface area contributed by atoms with Gasteiger partial charge < -0.3 is 9.63 Å². The Morgan fingerprint density at radius 2 is 1.80 bits per heavy atom. The van der Waals surface area contributed by atoms with Crippen LogP contribution in [0.15, 0.2) is 65.4 Å². The van der Waals surface area contributed by atoms with Crippen molar-refractivity contribution < 1.29 is 14.4 Å². The summed E-state index contributed by atoms with van der Waals surface area (Å²) in [5.41, 5.74) is 2.89. The molecule has 1 saturated heterocycles. The maximum absolute atomic E-state index is 11.0. The smallest absolute Gasteiger partial charge is 0.309 e. The Bertz CT molecular complexity index is 1190. The fourth-order valence-electron chi connectivity index (χ4n) is 3.74. The molecule has 4 aromatic rings. The van der Waals surface area contributed by atoms with E-state index in [-0.39, 0.29) is 18.3 Å². The van der Waals surface area contributed by atoms with Gasteiger partial charge in [-0.15, -0.1) is 12.4 Å². The first kappa shape index (κ1) is 20.0. The zero-order valence-corrected chi connectivity index (χ0v) is 16.7. The van der Waals surface area contributed by atoms with Crippen LogP contribution in [0.5, 0.6) is 0 Å². The summed E-state index contributed by atoms with van der Waals surface area (Å²) in [7, 11) is 0. The summed E-state index contributed by atoms with van der Waals surface area (Å²) >= 11 is 0. The van der Waals surface area contributed by atoms with Crippen LogP contribution in [0.2, 0.25) is 0 Å². The number of hydrogen-bond acceptors (Lipinski definition) is 6. The highest BCUT2D eigenvalue weighted by atomic mass is 35.5. The number of pyridine rings is 1. The van der Waals surface area contributed by atoms with E-state index >= 15 is 0 Å². The first-order valence-electron chi connectivity index (χ1n) is 9.39. The van der Waals surface area contributed by atoms with Crippen molar-refractivity contribution in [2.75, 3.05) is 13.1 Å². The zero-order valence-electron chi connectivity index (χ0n) is 15.9. The minimum atomic E-state index is -0.719. The number of rotatable bonds is 5. The van der Waals surface area contributed by atoms with E-state index < -0.39 is 5.97 Å². The van der Waals surface area contributed by atoms with Gasteiger partial charge in [-0.25, -0.2) is 0 Å². The van der Waals surface area contributed by atoms with Gasteiger partial charge in [0.2, 0.25) is 5.82 Å². The Hall–Kier alpha value is -3.29. The molecule has 1 aliphatic heterocycles. The first-order valence-corrected chi connectivity index (χ1v) is 9.39. The highest BCUT2D eigenvalue weighted by Crippen LogP contribution is 2.32. The van der Waals surface area contributed by atoms with E-state index in [1.54, 1.807) is 12.4 Å². The van der Waals surface area contributed by atoms with Gasteiger partial charge in [0.25, 0.3) is 5.89 Å². The van der Waals surface area contributed by atoms with Gasteiger partial charge in [0, 0.05) is 43.2 Å². The van der Waals surface area contributed by atoms with Crippen molar-refractivity contribution in [2.45, 2.75) is 6.54 Å². The third-order valence-corrected chi connectivity index (χ3v) is 5.31. The topological polar surface area (TPSA) is 92.3 Å². The van der Waals surface area contributed by atoms with Crippen molar-refractivity contribution in [1.82, 2.24) is 20.0 Å². The summed E-state index contributed by atoms with van der Waals surface area (Å²) in [5.74, 6) is 0.0142. The average Bonchev–Trinajstić information content (AvgIpc) is 3.20. The van der Waals surface area contributed by atoms with Gasteiger partial charge in [-0.05, 0) is 28.5 Å². The summed E-state index contributed by atoms with van der Waals surface area (Å²) < 4.78 is 5.46. The molecule has 0 saturated carbocycles. The molecule has 0 radical (unpaired) electrons. The fourth-order valence-corrected chi connectivity index (χ4v) is 3.74. The first-order chi connectivity index (χ1) is 14.2. The number of carboxylic acids is 1. The predicted octanol–water partition coefficient (Wildman–Crippen LogP) is 3.89. The fraction of sp³-hybridized carbons (Fsp3) is 0.182. The van der Waals surface area contributed by atoms with Gasteiger partial charge in [0.15, 0.2) is 0 Å². The second-order valence-electron chi connectivity index (χ2n) is 7.21. The molecule has 1 aliphatic rings. The normalized spacial score (nSPS) is 14.3. The minimum absolute atomic E-state index is 0. The van der Waals surface area contributed by atoms with Gasteiger partial charge in [-0.3, -0.25) is 14.7 Å². The molecule has 2 aromatic heterocycles. The molecule has 0 amide bonds. The summed E-state index contributed by atoms with van der Waals surface area (Å²) in [6, 6.07) is 15.8. The van der Waals surface area contributed by atoms with E-state index in [2.05, 4.69) is 32.2 Å². The number of nitrogens with zero attached hydrogens (tertiary/aromatic N) is 4. The lowest BCUT2D eigenvalue weighted by Gasteiger charge is -2.36. The molecule has 3 heterocycles. The molecule has 0 spiro atoms. The van der Waals surface area contributed by atoms with E-state index in [0.717, 1.165) is 34.0 Å². The highest BCUT2D eigenvalue weighted by molar-refractivity contribution is 5.97. The molecule has 1 N–H and O–H groups in total. The molecule has 7 nitrogen and oxygen atoms in total. The molecule has 30 heavy (non-hydrogen) atoms. The third kappa shape index (κ3) is 3.65. The molecule has 0 aliphatic carbocycles. The number of likely N-dealkylation sites (tertiary alicyclic amines) is 1. The summed E-state index contributed by atoms with van der Waals surface area (Å²) in [6.07, 6.45) is 3.38. The molecule has 5 rings (SSSR count). The second kappa shape index (κ2) is 8.22. The van der Waals surface area contributed by atoms with Crippen LogP contribution >= 0.6 is 12.4 Å². The number of hydrogen-bond donors (Lipinski definition) is 1. The molecular formula is C22H19ClN4O3. The van der Waals surface area contributed by atoms with Gasteiger partial charge in [0.05, 0.1) is 5.92 Å². The lowest BCUT2D eigenvalue weighted by molar-refractivity contribution is -0.147. The van der Waals surface area contributed by atoms with Crippen LogP contribution in [0.1, 0.15) is 5.56 Å². The Kier molecular flexibility index (Phi) is 5.48. The second-order valence-corrected chi connectivity index (χ2v) is 7.21. The van der Waals surface area contributed by atoms with Crippen molar-refractivity contribution in [1.29, 1.82) is 0 Å². The number of halogens is 1. The number of carboxylic acid groups (broad SMARTS) is 1. The maximum atomic E-state index is 11.0. The molecule has 0 unspecified atom stereocenters. The number of aromatic nitrogens is 3. The van der Waals surface area contributed by atoms with Crippen molar-refractivity contribution in [3.05, 3.63) is 66.5 Å². The maximum Gasteiger partial charge on any atom is 0.309 e. The monoisotopic (exact) mass is 422 g/mol. The number of aliphatic carboxylic acids is 1. The predicted molar refractivity (Wildman–Crippen MR) is 114 cm³/mol. The lowest BCUT2D eigenvalue weighted by Crippen LogP contribution is -2.49. The van der Waals surface area contributed by atoms with Crippen LogP contribution in [0.4, 0.5) is 0 Å². The van der Waals surface area contributed by atoms with Crippen LogP contribution in [-0.2, 0) is 11.3 Å². The van der Waals surface area contributed by atoms with Crippen molar-refractivity contribution in [3.63, 3.8) is 0 Å². The summed E-state index contributed by atoms with van der Waals surface area (Å²) in [5, 5.41) is 15.4. The van der Waals surface area contributed by atoms with Crippen LogP contribution in [0.25, 0.3) is 33.6 Å². The Labute approximate surface area is 178 Å². The number of benzene rings is 2. The minimum Gasteiger partial charge on any atom is -0.481 e. The molecule has 0 atom stereocenters. The third-order valence-electron chi connectivity index (χ3n) is 5.31. The van der Waals surface area contributed by atoms with Crippen LogP contribution < -0.4 is 0 Å².